The van der Waals surface area contributed by atoms with Crippen LogP contribution in [0.15, 0.2) is 18.2 Å². The van der Waals surface area contributed by atoms with Gasteiger partial charge in [0.15, 0.2) is 0 Å². The molecule has 1 atom stereocenters. The summed E-state index contributed by atoms with van der Waals surface area (Å²) in [7, 11) is 0. The first-order chi connectivity index (χ1) is 8.16. The summed E-state index contributed by atoms with van der Waals surface area (Å²) in [5.41, 5.74) is 0.892. The van der Waals surface area contributed by atoms with E-state index in [0.717, 1.165) is 5.56 Å². The van der Waals surface area contributed by atoms with Crippen molar-refractivity contribution in [2.24, 2.45) is 0 Å². The molecule has 0 saturated heterocycles. The average molecular weight is 254 g/mol. The van der Waals surface area contributed by atoms with Gasteiger partial charge in [-0.05, 0) is 38.0 Å². The topological polar surface area (TPSA) is 32.3 Å². The van der Waals surface area contributed by atoms with Crippen LogP contribution in [0.4, 0.5) is 0 Å². The van der Waals surface area contributed by atoms with Gasteiger partial charge in [0.1, 0.15) is 5.75 Å². The van der Waals surface area contributed by atoms with Gasteiger partial charge in [-0.25, -0.2) is 0 Å². The zero-order valence-corrected chi connectivity index (χ0v) is 11.0. The highest BCUT2D eigenvalue weighted by atomic mass is 35.5. The summed E-state index contributed by atoms with van der Waals surface area (Å²) >= 11 is 5.96. The minimum Gasteiger partial charge on any atom is -0.508 e. The number of nitrogens with one attached hydrogen (secondary N) is 1. The molecule has 2 nitrogen and oxygen atoms in total. The molecule has 1 fully saturated rings. The van der Waals surface area contributed by atoms with Crippen LogP contribution in [-0.2, 0) is 0 Å². The van der Waals surface area contributed by atoms with Gasteiger partial charge in [-0.3, -0.25) is 0 Å². The van der Waals surface area contributed by atoms with Crippen molar-refractivity contribution in [2.45, 2.75) is 51.1 Å². The largest absolute Gasteiger partial charge is 0.508 e. The Balaban J connectivity index is 2.02. The molecule has 1 saturated carbocycles. The molecule has 0 unspecified atom stereocenters. The SMILES string of the molecule is C[C@@H](NC1CCCCC1)c1cc(Cl)ccc1O. The Kier molecular flexibility index (Phi) is 4.30. The molecule has 17 heavy (non-hydrogen) atoms. The zero-order chi connectivity index (χ0) is 12.3. The first kappa shape index (κ1) is 12.7. The summed E-state index contributed by atoms with van der Waals surface area (Å²) in [4.78, 5) is 0. The molecule has 94 valence electrons. The number of hydrogen-bond acceptors (Lipinski definition) is 2. The van der Waals surface area contributed by atoms with Crippen LogP contribution >= 0.6 is 11.6 Å². The lowest BCUT2D eigenvalue weighted by molar-refractivity contribution is 0.342. The fourth-order valence-corrected chi connectivity index (χ4v) is 2.77. The summed E-state index contributed by atoms with van der Waals surface area (Å²) in [6.45, 7) is 2.08. The van der Waals surface area contributed by atoms with Crippen LogP contribution in [0.3, 0.4) is 0 Å². The molecule has 1 aliphatic carbocycles. The molecule has 1 aliphatic rings. The summed E-state index contributed by atoms with van der Waals surface area (Å²) in [5, 5.41) is 14.1. The van der Waals surface area contributed by atoms with Crippen molar-refractivity contribution in [3.8, 4) is 5.75 Å². The predicted molar refractivity (Wildman–Crippen MR) is 71.5 cm³/mol. The van der Waals surface area contributed by atoms with Crippen molar-refractivity contribution in [3.05, 3.63) is 28.8 Å². The molecular formula is C14H20ClNO. The van der Waals surface area contributed by atoms with Crippen LogP contribution < -0.4 is 5.32 Å². The standard InChI is InChI=1S/C14H20ClNO/c1-10(16-12-5-3-2-4-6-12)13-9-11(15)7-8-14(13)17/h7-10,12,16-17H,2-6H2,1H3/t10-/m1/s1. The molecule has 2 N–H and O–H groups in total. The number of aromatic hydroxyl groups is 1. The van der Waals surface area contributed by atoms with Crippen LogP contribution in [0, 0.1) is 0 Å². The second-order valence-electron chi connectivity index (χ2n) is 4.93. The van der Waals surface area contributed by atoms with E-state index in [0.29, 0.717) is 16.8 Å². The first-order valence-corrected chi connectivity index (χ1v) is 6.79. The van der Waals surface area contributed by atoms with E-state index in [9.17, 15) is 5.11 Å². The highest BCUT2D eigenvalue weighted by Crippen LogP contribution is 2.29. The van der Waals surface area contributed by atoms with Crippen molar-refractivity contribution < 1.29 is 5.11 Å². The zero-order valence-electron chi connectivity index (χ0n) is 10.2. The monoisotopic (exact) mass is 253 g/mol. The van der Waals surface area contributed by atoms with Crippen molar-refractivity contribution in [2.75, 3.05) is 0 Å². The van der Waals surface area contributed by atoms with Gasteiger partial charge >= 0.3 is 0 Å². The Morgan fingerprint density at radius 2 is 2.00 bits per heavy atom. The fraction of sp³-hybridized carbons (Fsp3) is 0.571. The summed E-state index contributed by atoms with van der Waals surface area (Å²) in [6, 6.07) is 5.95. The fourth-order valence-electron chi connectivity index (χ4n) is 2.58. The van der Waals surface area contributed by atoms with Gasteiger partial charge < -0.3 is 10.4 Å². The Hall–Kier alpha value is -0.730. The quantitative estimate of drug-likeness (QED) is 0.853. The van der Waals surface area contributed by atoms with Gasteiger partial charge in [-0.1, -0.05) is 30.9 Å². The number of hydrogen-bond donors (Lipinski definition) is 2. The Labute approximate surface area is 108 Å². The molecule has 0 aliphatic heterocycles. The van der Waals surface area contributed by atoms with E-state index in [-0.39, 0.29) is 6.04 Å². The average Bonchev–Trinajstić information content (AvgIpc) is 2.33. The highest BCUT2D eigenvalue weighted by Gasteiger charge is 2.18. The van der Waals surface area contributed by atoms with Gasteiger partial charge in [-0.2, -0.15) is 0 Å². The molecule has 3 heteroatoms. The number of halogens is 1. The van der Waals surface area contributed by atoms with Crippen molar-refractivity contribution in [1.29, 1.82) is 0 Å². The normalized spacial score (nSPS) is 19.2. The minimum atomic E-state index is 0.150. The predicted octanol–water partition coefficient (Wildman–Crippen LogP) is 4.03. The van der Waals surface area contributed by atoms with E-state index in [4.69, 9.17) is 11.6 Å². The van der Waals surface area contributed by atoms with E-state index in [2.05, 4.69) is 12.2 Å². The lowest BCUT2D eigenvalue weighted by Gasteiger charge is -2.27. The lowest BCUT2D eigenvalue weighted by Crippen LogP contribution is -2.33. The van der Waals surface area contributed by atoms with Crippen LogP contribution in [0.2, 0.25) is 5.02 Å². The third-order valence-corrected chi connectivity index (χ3v) is 3.78. The van der Waals surface area contributed by atoms with Gasteiger partial charge in [0.05, 0.1) is 0 Å². The third kappa shape index (κ3) is 3.36. The maximum Gasteiger partial charge on any atom is 0.120 e. The third-order valence-electron chi connectivity index (χ3n) is 3.55. The second kappa shape index (κ2) is 5.74. The van der Waals surface area contributed by atoms with Gasteiger partial charge in [0.25, 0.3) is 0 Å². The van der Waals surface area contributed by atoms with Gasteiger partial charge in [0, 0.05) is 22.7 Å². The minimum absolute atomic E-state index is 0.150. The Morgan fingerprint density at radius 1 is 1.29 bits per heavy atom. The molecule has 1 aromatic rings. The first-order valence-electron chi connectivity index (χ1n) is 6.41. The summed E-state index contributed by atoms with van der Waals surface area (Å²) in [6.07, 6.45) is 6.46. The Bertz CT molecular complexity index is 374. The van der Waals surface area contributed by atoms with Crippen molar-refractivity contribution in [1.82, 2.24) is 5.32 Å². The van der Waals surface area contributed by atoms with Crippen LogP contribution in [0.1, 0.15) is 50.6 Å². The number of phenolic OH excluding ortho intramolecular Hbond substituents is 1. The summed E-state index contributed by atoms with van der Waals surface area (Å²) < 4.78 is 0. The maximum atomic E-state index is 9.84. The Morgan fingerprint density at radius 3 is 2.71 bits per heavy atom. The maximum absolute atomic E-state index is 9.84. The number of rotatable bonds is 3. The molecule has 0 spiro atoms. The van der Waals surface area contributed by atoms with Crippen LogP contribution in [0.25, 0.3) is 0 Å². The van der Waals surface area contributed by atoms with Crippen molar-refractivity contribution in [3.63, 3.8) is 0 Å². The molecule has 0 bridgehead atoms. The van der Waals surface area contributed by atoms with Crippen molar-refractivity contribution >= 4 is 11.6 Å². The second-order valence-corrected chi connectivity index (χ2v) is 5.36. The van der Waals surface area contributed by atoms with E-state index in [1.807, 2.05) is 6.07 Å². The van der Waals surface area contributed by atoms with Gasteiger partial charge in [-0.15, -0.1) is 0 Å². The molecule has 0 heterocycles. The van der Waals surface area contributed by atoms with Crippen LogP contribution in [0.5, 0.6) is 5.75 Å². The summed E-state index contributed by atoms with van der Waals surface area (Å²) in [5.74, 6) is 0.324. The van der Waals surface area contributed by atoms with E-state index >= 15 is 0 Å². The van der Waals surface area contributed by atoms with E-state index in [1.165, 1.54) is 32.1 Å². The highest BCUT2D eigenvalue weighted by molar-refractivity contribution is 6.30. The molecule has 2 rings (SSSR count). The molecule has 0 aromatic heterocycles. The van der Waals surface area contributed by atoms with Crippen LogP contribution in [-0.4, -0.2) is 11.1 Å². The lowest BCUT2D eigenvalue weighted by atomic mass is 9.94. The molecule has 0 radical (unpaired) electrons. The number of benzene rings is 1. The molecule has 1 aromatic carbocycles. The molecule has 0 amide bonds. The molecular weight excluding hydrogens is 234 g/mol. The van der Waals surface area contributed by atoms with Gasteiger partial charge in [0.2, 0.25) is 0 Å². The van der Waals surface area contributed by atoms with E-state index in [1.54, 1.807) is 12.1 Å². The smallest absolute Gasteiger partial charge is 0.120 e. The number of phenols is 1. The van der Waals surface area contributed by atoms with E-state index < -0.39 is 0 Å².